The second-order valence-corrected chi connectivity index (χ2v) is 5.33. The zero-order valence-electron chi connectivity index (χ0n) is 12.4. The van der Waals surface area contributed by atoms with Crippen LogP contribution < -0.4 is 5.32 Å². The average Bonchev–Trinajstić information content (AvgIpc) is 2.97. The molecule has 0 aromatic carbocycles. The van der Waals surface area contributed by atoms with Crippen LogP contribution in [0.1, 0.15) is 17.3 Å². The number of amides is 2. The monoisotopic (exact) mass is 303 g/mol. The molecule has 2 aromatic heterocycles. The molecule has 8 nitrogen and oxygen atoms in total. The van der Waals surface area contributed by atoms with Crippen LogP contribution in [0.2, 0.25) is 0 Å². The SMILES string of the molecule is CNC(=O)[C@]1(C)CN(C(=O)c2cnn3cccnc23)CCO1. The number of rotatable bonds is 2. The van der Waals surface area contributed by atoms with Gasteiger partial charge in [-0.05, 0) is 13.0 Å². The molecule has 1 aliphatic rings. The van der Waals surface area contributed by atoms with E-state index in [-0.39, 0.29) is 18.4 Å². The molecule has 1 N–H and O–H groups in total. The molecule has 0 bridgehead atoms. The van der Waals surface area contributed by atoms with Crippen LogP contribution in [0.4, 0.5) is 0 Å². The molecule has 1 saturated heterocycles. The van der Waals surface area contributed by atoms with Crippen LogP contribution in [0.15, 0.2) is 24.7 Å². The molecule has 0 spiro atoms. The quantitative estimate of drug-likeness (QED) is 0.823. The fourth-order valence-corrected chi connectivity index (χ4v) is 2.59. The molecule has 116 valence electrons. The lowest BCUT2D eigenvalue weighted by molar-refractivity contribution is -0.153. The summed E-state index contributed by atoms with van der Waals surface area (Å²) in [6, 6.07) is 1.74. The van der Waals surface area contributed by atoms with E-state index in [4.69, 9.17) is 4.74 Å². The van der Waals surface area contributed by atoms with E-state index in [2.05, 4.69) is 15.4 Å². The fraction of sp³-hybridized carbons (Fsp3) is 0.429. The van der Waals surface area contributed by atoms with E-state index in [0.717, 1.165) is 0 Å². The number of nitrogens with zero attached hydrogens (tertiary/aromatic N) is 4. The Labute approximate surface area is 127 Å². The largest absolute Gasteiger partial charge is 0.362 e. The number of likely N-dealkylation sites (N-methyl/N-ethyl adjacent to an activating group) is 1. The Balaban J connectivity index is 1.87. The first kappa shape index (κ1) is 14.5. The zero-order chi connectivity index (χ0) is 15.7. The molecule has 1 fully saturated rings. The van der Waals surface area contributed by atoms with Gasteiger partial charge in [0.2, 0.25) is 0 Å². The highest BCUT2D eigenvalue weighted by molar-refractivity contribution is 6.00. The fourth-order valence-electron chi connectivity index (χ4n) is 2.59. The van der Waals surface area contributed by atoms with E-state index in [1.165, 1.54) is 6.20 Å². The summed E-state index contributed by atoms with van der Waals surface area (Å²) in [5.74, 6) is -0.449. The number of ether oxygens (including phenoxy) is 1. The van der Waals surface area contributed by atoms with Crippen LogP contribution in [0.25, 0.3) is 5.65 Å². The van der Waals surface area contributed by atoms with Crippen LogP contribution in [-0.4, -0.2) is 63.7 Å². The van der Waals surface area contributed by atoms with E-state index in [0.29, 0.717) is 24.4 Å². The summed E-state index contributed by atoms with van der Waals surface area (Å²) in [5.41, 5.74) is -0.124. The van der Waals surface area contributed by atoms with Gasteiger partial charge in [-0.15, -0.1) is 0 Å². The molecular formula is C14H17N5O3. The van der Waals surface area contributed by atoms with Crippen molar-refractivity contribution in [2.75, 3.05) is 26.7 Å². The number of nitrogens with one attached hydrogen (secondary N) is 1. The number of morpholine rings is 1. The smallest absolute Gasteiger partial charge is 0.259 e. The molecule has 3 heterocycles. The maximum atomic E-state index is 12.7. The molecule has 3 rings (SSSR count). The number of fused-ring (bicyclic) bond motifs is 1. The first-order valence-electron chi connectivity index (χ1n) is 6.99. The first-order chi connectivity index (χ1) is 10.5. The molecular weight excluding hydrogens is 286 g/mol. The molecule has 22 heavy (non-hydrogen) atoms. The van der Waals surface area contributed by atoms with Gasteiger partial charge in [0.05, 0.1) is 19.3 Å². The second kappa shape index (κ2) is 5.38. The predicted molar refractivity (Wildman–Crippen MR) is 77.3 cm³/mol. The lowest BCUT2D eigenvalue weighted by Gasteiger charge is -2.38. The highest BCUT2D eigenvalue weighted by Crippen LogP contribution is 2.20. The van der Waals surface area contributed by atoms with Crippen LogP contribution in [0, 0.1) is 0 Å². The summed E-state index contributed by atoms with van der Waals surface area (Å²) in [6.45, 7) is 2.60. The van der Waals surface area contributed by atoms with Crippen molar-refractivity contribution in [3.63, 3.8) is 0 Å². The van der Waals surface area contributed by atoms with Gasteiger partial charge in [-0.1, -0.05) is 0 Å². The minimum atomic E-state index is -1.04. The summed E-state index contributed by atoms with van der Waals surface area (Å²) >= 11 is 0. The van der Waals surface area contributed by atoms with Crippen LogP contribution in [0.5, 0.6) is 0 Å². The zero-order valence-corrected chi connectivity index (χ0v) is 12.4. The van der Waals surface area contributed by atoms with E-state index in [9.17, 15) is 9.59 Å². The minimum absolute atomic E-state index is 0.190. The van der Waals surface area contributed by atoms with Gasteiger partial charge in [-0.3, -0.25) is 9.59 Å². The molecule has 2 aromatic rings. The van der Waals surface area contributed by atoms with Crippen molar-refractivity contribution in [3.8, 4) is 0 Å². The highest BCUT2D eigenvalue weighted by Gasteiger charge is 2.40. The number of carbonyl (C=O) groups excluding carboxylic acids is 2. The van der Waals surface area contributed by atoms with Gasteiger partial charge in [0.1, 0.15) is 5.56 Å². The number of hydrogen-bond donors (Lipinski definition) is 1. The average molecular weight is 303 g/mol. The summed E-state index contributed by atoms with van der Waals surface area (Å²) in [7, 11) is 1.55. The third-order valence-corrected chi connectivity index (χ3v) is 3.78. The molecule has 2 amide bonds. The highest BCUT2D eigenvalue weighted by atomic mass is 16.5. The van der Waals surface area contributed by atoms with Crippen molar-refractivity contribution in [1.82, 2.24) is 24.8 Å². The van der Waals surface area contributed by atoms with Crippen molar-refractivity contribution in [2.45, 2.75) is 12.5 Å². The Bertz CT molecular complexity index is 728. The van der Waals surface area contributed by atoms with Gasteiger partial charge < -0.3 is 15.0 Å². The van der Waals surface area contributed by atoms with Crippen molar-refractivity contribution < 1.29 is 14.3 Å². The normalized spacial score (nSPS) is 21.8. The van der Waals surface area contributed by atoms with Crippen LogP contribution in [0.3, 0.4) is 0 Å². The molecule has 8 heteroatoms. The Hall–Kier alpha value is -2.48. The maximum Gasteiger partial charge on any atom is 0.259 e. The van der Waals surface area contributed by atoms with E-state index in [1.807, 2.05) is 0 Å². The van der Waals surface area contributed by atoms with Gasteiger partial charge in [0.15, 0.2) is 11.2 Å². The third kappa shape index (κ3) is 2.31. The first-order valence-corrected chi connectivity index (χ1v) is 6.99. The number of hydrogen-bond acceptors (Lipinski definition) is 5. The van der Waals surface area contributed by atoms with Gasteiger partial charge >= 0.3 is 0 Å². The summed E-state index contributed by atoms with van der Waals surface area (Å²) in [5, 5.41) is 6.69. The molecule has 0 aliphatic carbocycles. The van der Waals surface area contributed by atoms with E-state index < -0.39 is 5.60 Å². The molecule has 1 atom stereocenters. The minimum Gasteiger partial charge on any atom is -0.362 e. The van der Waals surface area contributed by atoms with Crippen molar-refractivity contribution in [3.05, 3.63) is 30.2 Å². The Morgan fingerprint density at radius 2 is 2.27 bits per heavy atom. The standard InChI is InChI=1S/C14H17N5O3/c1-14(13(21)15-2)9-18(6-7-22-14)12(20)10-8-17-19-5-3-4-16-11(10)19/h3-5,8H,6-7,9H2,1-2H3,(H,15,21)/t14-/m0/s1. The molecule has 1 aliphatic heterocycles. The third-order valence-electron chi connectivity index (χ3n) is 3.78. The van der Waals surface area contributed by atoms with Crippen molar-refractivity contribution in [2.24, 2.45) is 0 Å². The van der Waals surface area contributed by atoms with Crippen LogP contribution >= 0.6 is 0 Å². The van der Waals surface area contributed by atoms with Crippen molar-refractivity contribution in [1.29, 1.82) is 0 Å². The number of carbonyl (C=O) groups is 2. The Morgan fingerprint density at radius 1 is 1.45 bits per heavy atom. The summed E-state index contributed by atoms with van der Waals surface area (Å²) in [4.78, 5) is 30.5. The summed E-state index contributed by atoms with van der Waals surface area (Å²) in [6.07, 6.45) is 4.84. The predicted octanol–water partition coefficient (Wildman–Crippen LogP) is -0.294. The van der Waals surface area contributed by atoms with E-state index in [1.54, 1.807) is 41.8 Å². The van der Waals surface area contributed by atoms with Gasteiger partial charge in [-0.25, -0.2) is 9.50 Å². The summed E-state index contributed by atoms with van der Waals surface area (Å²) < 4.78 is 7.11. The lowest BCUT2D eigenvalue weighted by atomic mass is 10.0. The second-order valence-electron chi connectivity index (χ2n) is 5.33. The maximum absolute atomic E-state index is 12.7. The van der Waals surface area contributed by atoms with Crippen molar-refractivity contribution >= 4 is 17.5 Å². The van der Waals surface area contributed by atoms with Crippen LogP contribution in [-0.2, 0) is 9.53 Å². The van der Waals surface area contributed by atoms with Gasteiger partial charge in [-0.2, -0.15) is 5.10 Å². The Kier molecular flexibility index (Phi) is 3.53. The molecule has 0 unspecified atom stereocenters. The Morgan fingerprint density at radius 3 is 3.05 bits per heavy atom. The lowest BCUT2D eigenvalue weighted by Crippen LogP contribution is -2.58. The molecule has 0 saturated carbocycles. The topological polar surface area (TPSA) is 88.8 Å². The van der Waals surface area contributed by atoms with E-state index >= 15 is 0 Å². The number of aromatic nitrogens is 3. The van der Waals surface area contributed by atoms with Gasteiger partial charge in [0.25, 0.3) is 11.8 Å². The molecule has 0 radical (unpaired) electrons. The van der Waals surface area contributed by atoms with Gasteiger partial charge in [0, 0.05) is 26.0 Å².